The van der Waals surface area contributed by atoms with Gasteiger partial charge in [-0.05, 0) is 24.1 Å². The summed E-state index contributed by atoms with van der Waals surface area (Å²) in [4.78, 5) is 15.1. The zero-order chi connectivity index (χ0) is 12.1. The number of carbonyl (C=O) groups excluding carboxylic acids is 1. The lowest BCUT2D eigenvalue weighted by Crippen LogP contribution is -2.02. The molecular weight excluding hydrogens is 218 g/mol. The molecule has 0 amide bonds. The van der Waals surface area contributed by atoms with Crippen molar-refractivity contribution >= 4 is 5.97 Å². The summed E-state index contributed by atoms with van der Waals surface area (Å²) in [6.45, 7) is 0. The lowest BCUT2D eigenvalue weighted by molar-refractivity contribution is -0.140. The predicted molar refractivity (Wildman–Crippen MR) is 62.2 cm³/mol. The topological polar surface area (TPSA) is 67.9 Å². The first-order valence-electron chi connectivity index (χ1n) is 5.30. The molecule has 2 aromatic rings. The Morgan fingerprint density at radius 1 is 1.41 bits per heavy atom. The molecule has 0 atom stereocenters. The molecule has 2 heterocycles. The van der Waals surface area contributed by atoms with Crippen molar-refractivity contribution in [3.05, 3.63) is 36.3 Å². The summed E-state index contributed by atoms with van der Waals surface area (Å²) >= 11 is 0. The third kappa shape index (κ3) is 2.69. The van der Waals surface area contributed by atoms with Gasteiger partial charge >= 0.3 is 5.97 Å². The Balaban J connectivity index is 2.15. The predicted octanol–water partition coefficient (Wildman–Crippen LogP) is 1.58. The summed E-state index contributed by atoms with van der Waals surface area (Å²) < 4.78 is 4.61. The van der Waals surface area contributed by atoms with Gasteiger partial charge in [-0.25, -0.2) is 0 Å². The lowest BCUT2D eigenvalue weighted by atomic mass is 10.1. The van der Waals surface area contributed by atoms with Crippen molar-refractivity contribution in [3.63, 3.8) is 0 Å². The van der Waals surface area contributed by atoms with Gasteiger partial charge in [0.05, 0.1) is 19.0 Å². The van der Waals surface area contributed by atoms with Gasteiger partial charge in [0.15, 0.2) is 0 Å². The molecule has 17 heavy (non-hydrogen) atoms. The first-order chi connectivity index (χ1) is 8.31. The van der Waals surface area contributed by atoms with Crippen LogP contribution in [0.3, 0.4) is 0 Å². The number of pyridine rings is 1. The summed E-state index contributed by atoms with van der Waals surface area (Å²) in [5, 5.41) is 6.94. The number of aromatic amines is 1. The molecule has 5 nitrogen and oxygen atoms in total. The molecule has 2 aromatic heterocycles. The monoisotopic (exact) mass is 231 g/mol. The van der Waals surface area contributed by atoms with E-state index < -0.39 is 0 Å². The molecule has 0 aliphatic heterocycles. The van der Waals surface area contributed by atoms with Gasteiger partial charge in [0.1, 0.15) is 0 Å². The van der Waals surface area contributed by atoms with Gasteiger partial charge in [0.25, 0.3) is 0 Å². The summed E-state index contributed by atoms with van der Waals surface area (Å²) in [5.74, 6) is -0.216. The highest BCUT2D eigenvalue weighted by Crippen LogP contribution is 2.21. The second-order valence-electron chi connectivity index (χ2n) is 3.58. The van der Waals surface area contributed by atoms with Crippen molar-refractivity contribution in [2.75, 3.05) is 7.11 Å². The first-order valence-corrected chi connectivity index (χ1v) is 5.30. The van der Waals surface area contributed by atoms with E-state index in [2.05, 4.69) is 19.9 Å². The fraction of sp³-hybridized carbons (Fsp3) is 0.250. The largest absolute Gasteiger partial charge is 0.469 e. The number of nitrogens with one attached hydrogen (secondary N) is 1. The van der Waals surface area contributed by atoms with E-state index in [4.69, 9.17) is 0 Å². The molecule has 0 saturated carbocycles. The van der Waals surface area contributed by atoms with Gasteiger partial charge in [-0.15, -0.1) is 0 Å². The third-order valence-corrected chi connectivity index (χ3v) is 2.51. The molecule has 0 saturated heterocycles. The minimum atomic E-state index is -0.216. The molecule has 0 spiro atoms. The highest BCUT2D eigenvalue weighted by Gasteiger charge is 2.09. The highest BCUT2D eigenvalue weighted by molar-refractivity contribution is 5.70. The summed E-state index contributed by atoms with van der Waals surface area (Å²) in [7, 11) is 1.39. The van der Waals surface area contributed by atoms with E-state index in [0.717, 1.165) is 16.8 Å². The Hall–Kier alpha value is -2.17. The van der Waals surface area contributed by atoms with Crippen LogP contribution < -0.4 is 0 Å². The standard InChI is InChI=1S/C12H13N3O2/c1-17-11(16)3-2-10-8-14-15-12(10)9-4-6-13-7-5-9/h4-8H,2-3H2,1H3,(H,14,15). The molecule has 1 N–H and O–H groups in total. The van der Waals surface area contributed by atoms with Crippen LogP contribution in [0.15, 0.2) is 30.7 Å². The summed E-state index contributed by atoms with van der Waals surface area (Å²) in [6.07, 6.45) is 6.15. The van der Waals surface area contributed by atoms with Crippen LogP contribution in [0.4, 0.5) is 0 Å². The smallest absolute Gasteiger partial charge is 0.305 e. The molecule has 0 fully saturated rings. The zero-order valence-electron chi connectivity index (χ0n) is 9.51. The number of methoxy groups -OCH3 is 1. The van der Waals surface area contributed by atoms with E-state index in [-0.39, 0.29) is 5.97 Å². The van der Waals surface area contributed by atoms with Crippen molar-refractivity contribution in [1.82, 2.24) is 15.2 Å². The summed E-state index contributed by atoms with van der Waals surface area (Å²) in [5.41, 5.74) is 2.94. The molecule has 0 aliphatic rings. The number of carbonyl (C=O) groups is 1. The molecule has 2 rings (SSSR count). The molecule has 0 bridgehead atoms. The van der Waals surface area contributed by atoms with Gasteiger partial charge in [-0.1, -0.05) is 0 Å². The average Bonchev–Trinajstić information content (AvgIpc) is 2.85. The van der Waals surface area contributed by atoms with Crippen molar-refractivity contribution in [1.29, 1.82) is 0 Å². The molecule has 0 radical (unpaired) electrons. The van der Waals surface area contributed by atoms with Crippen molar-refractivity contribution in [2.24, 2.45) is 0 Å². The van der Waals surface area contributed by atoms with E-state index in [0.29, 0.717) is 12.8 Å². The number of rotatable bonds is 4. The Morgan fingerprint density at radius 3 is 2.88 bits per heavy atom. The van der Waals surface area contributed by atoms with Crippen LogP contribution in [-0.2, 0) is 16.0 Å². The quantitative estimate of drug-likeness (QED) is 0.811. The Morgan fingerprint density at radius 2 is 2.18 bits per heavy atom. The van der Waals surface area contributed by atoms with Gasteiger partial charge in [-0.3, -0.25) is 14.9 Å². The Bertz CT molecular complexity index is 493. The van der Waals surface area contributed by atoms with Gasteiger partial charge in [0.2, 0.25) is 0 Å². The number of hydrogen-bond acceptors (Lipinski definition) is 4. The molecule has 88 valence electrons. The number of hydrogen-bond donors (Lipinski definition) is 1. The van der Waals surface area contributed by atoms with Crippen LogP contribution in [0.2, 0.25) is 0 Å². The van der Waals surface area contributed by atoms with Crippen LogP contribution in [0.25, 0.3) is 11.3 Å². The Kier molecular flexibility index (Phi) is 3.49. The second kappa shape index (κ2) is 5.25. The van der Waals surface area contributed by atoms with Crippen LogP contribution >= 0.6 is 0 Å². The number of ether oxygens (including phenoxy) is 1. The maximum atomic E-state index is 11.1. The zero-order valence-corrected chi connectivity index (χ0v) is 9.51. The van der Waals surface area contributed by atoms with Gasteiger partial charge in [-0.2, -0.15) is 5.10 Å². The van der Waals surface area contributed by atoms with Crippen LogP contribution in [0.5, 0.6) is 0 Å². The maximum absolute atomic E-state index is 11.1. The van der Waals surface area contributed by atoms with Crippen LogP contribution in [0.1, 0.15) is 12.0 Å². The van der Waals surface area contributed by atoms with Gasteiger partial charge in [0, 0.05) is 24.4 Å². The van der Waals surface area contributed by atoms with Crippen LogP contribution in [0, 0.1) is 0 Å². The number of aryl methyl sites for hydroxylation is 1. The lowest BCUT2D eigenvalue weighted by Gasteiger charge is -2.02. The minimum absolute atomic E-state index is 0.216. The highest BCUT2D eigenvalue weighted by atomic mass is 16.5. The normalized spacial score (nSPS) is 10.2. The first kappa shape index (κ1) is 11.3. The fourth-order valence-electron chi connectivity index (χ4n) is 1.61. The van der Waals surface area contributed by atoms with E-state index in [1.54, 1.807) is 18.6 Å². The SMILES string of the molecule is COC(=O)CCc1cn[nH]c1-c1ccncc1. The fourth-order valence-corrected chi connectivity index (χ4v) is 1.61. The van der Waals surface area contributed by atoms with Gasteiger partial charge < -0.3 is 4.74 Å². The molecular formula is C12H13N3O2. The van der Waals surface area contributed by atoms with E-state index >= 15 is 0 Å². The number of H-pyrrole nitrogens is 1. The summed E-state index contributed by atoms with van der Waals surface area (Å²) in [6, 6.07) is 3.80. The average molecular weight is 231 g/mol. The Labute approximate surface area is 98.8 Å². The molecule has 0 unspecified atom stereocenters. The van der Waals surface area contributed by atoms with E-state index in [9.17, 15) is 4.79 Å². The molecule has 0 aliphatic carbocycles. The van der Waals surface area contributed by atoms with Crippen molar-refractivity contribution < 1.29 is 9.53 Å². The third-order valence-electron chi connectivity index (χ3n) is 2.51. The van der Waals surface area contributed by atoms with Crippen molar-refractivity contribution in [3.8, 4) is 11.3 Å². The molecule has 5 heteroatoms. The number of aromatic nitrogens is 3. The van der Waals surface area contributed by atoms with Crippen LogP contribution in [-0.4, -0.2) is 28.3 Å². The number of esters is 1. The van der Waals surface area contributed by atoms with E-state index in [1.165, 1.54) is 7.11 Å². The molecule has 0 aromatic carbocycles. The number of nitrogens with zero attached hydrogens (tertiary/aromatic N) is 2. The second-order valence-corrected chi connectivity index (χ2v) is 3.58. The van der Waals surface area contributed by atoms with E-state index in [1.807, 2.05) is 12.1 Å². The van der Waals surface area contributed by atoms with Crippen molar-refractivity contribution in [2.45, 2.75) is 12.8 Å². The maximum Gasteiger partial charge on any atom is 0.305 e. The minimum Gasteiger partial charge on any atom is -0.469 e.